The monoisotopic (exact) mass is 435 g/mol. The molecule has 8 nitrogen and oxygen atoms in total. The second kappa shape index (κ2) is 8.55. The Balaban J connectivity index is 1.42. The van der Waals surface area contributed by atoms with E-state index < -0.39 is 16.1 Å². The highest BCUT2D eigenvalue weighted by Gasteiger charge is 2.35. The normalized spacial score (nSPS) is 23.8. The number of fused-ring (bicyclic) bond motifs is 1. The Bertz CT molecular complexity index is 917. The number of rotatable bonds is 3. The summed E-state index contributed by atoms with van der Waals surface area (Å²) in [5.74, 6) is 0.233. The van der Waals surface area contributed by atoms with Crippen LogP contribution in [0.3, 0.4) is 0 Å². The number of benzene rings is 1. The summed E-state index contributed by atoms with van der Waals surface area (Å²) >= 11 is 0. The van der Waals surface area contributed by atoms with Gasteiger partial charge in [0.05, 0.1) is 10.6 Å². The molecule has 2 saturated heterocycles. The largest absolute Gasteiger partial charge is 0.479 e. The summed E-state index contributed by atoms with van der Waals surface area (Å²) in [6.07, 6.45) is 4.92. The highest BCUT2D eigenvalue weighted by molar-refractivity contribution is 7.89. The molecule has 2 fully saturated rings. The highest BCUT2D eigenvalue weighted by atomic mass is 32.2. The van der Waals surface area contributed by atoms with Crippen LogP contribution in [0, 0.1) is 5.92 Å². The standard InChI is InChI=1S/C21H29N3O5S/c1-15-20(25)22-18-14-17(6-7-19(18)29-15)30(27,28)24-12-8-16(9-13-24)21(26)23-10-4-2-3-5-11-23/h6-7,14-16H,2-5,8-13H2,1H3,(H,22,25)/t15-/m0/s1. The predicted molar refractivity (Wildman–Crippen MR) is 112 cm³/mol. The Hall–Kier alpha value is -2.13. The van der Waals surface area contributed by atoms with Crippen molar-refractivity contribution in [1.29, 1.82) is 0 Å². The predicted octanol–water partition coefficient (Wildman–Crippen LogP) is 2.21. The van der Waals surface area contributed by atoms with Crippen LogP contribution in [0.5, 0.6) is 5.75 Å². The Labute approximate surface area is 177 Å². The van der Waals surface area contributed by atoms with Gasteiger partial charge in [-0.15, -0.1) is 0 Å². The molecule has 1 N–H and O–H groups in total. The van der Waals surface area contributed by atoms with Gasteiger partial charge in [-0.05, 0) is 50.8 Å². The Kier molecular flexibility index (Phi) is 6.02. The van der Waals surface area contributed by atoms with Gasteiger partial charge in [0, 0.05) is 32.1 Å². The van der Waals surface area contributed by atoms with Crippen LogP contribution >= 0.6 is 0 Å². The van der Waals surface area contributed by atoms with Gasteiger partial charge in [-0.1, -0.05) is 12.8 Å². The minimum atomic E-state index is -3.70. The molecule has 0 unspecified atom stereocenters. The number of piperidine rings is 1. The van der Waals surface area contributed by atoms with Crippen LogP contribution in [0.15, 0.2) is 23.1 Å². The highest BCUT2D eigenvalue weighted by Crippen LogP contribution is 2.34. The fourth-order valence-electron chi connectivity index (χ4n) is 4.39. The summed E-state index contributed by atoms with van der Waals surface area (Å²) in [5, 5.41) is 2.69. The third kappa shape index (κ3) is 4.18. The number of hydrogen-bond donors (Lipinski definition) is 1. The Morgan fingerprint density at radius 2 is 1.73 bits per heavy atom. The topological polar surface area (TPSA) is 96.0 Å². The van der Waals surface area contributed by atoms with Crippen molar-refractivity contribution in [3.63, 3.8) is 0 Å². The van der Waals surface area contributed by atoms with E-state index >= 15 is 0 Å². The van der Waals surface area contributed by atoms with Crippen molar-refractivity contribution in [3.8, 4) is 5.75 Å². The maximum Gasteiger partial charge on any atom is 0.265 e. The lowest BCUT2D eigenvalue weighted by Crippen LogP contribution is -2.44. The second-order valence-corrected chi connectivity index (χ2v) is 10.3. The van der Waals surface area contributed by atoms with E-state index in [1.54, 1.807) is 13.0 Å². The van der Waals surface area contributed by atoms with E-state index in [0.29, 0.717) is 37.4 Å². The molecule has 164 valence electrons. The van der Waals surface area contributed by atoms with Crippen LogP contribution in [0.1, 0.15) is 45.4 Å². The number of carbonyl (C=O) groups is 2. The first kappa shape index (κ1) is 21.1. The minimum absolute atomic E-state index is 0.104. The average molecular weight is 436 g/mol. The summed E-state index contributed by atoms with van der Waals surface area (Å²) in [6, 6.07) is 4.53. The maximum atomic E-state index is 13.1. The zero-order valence-corrected chi connectivity index (χ0v) is 18.1. The van der Waals surface area contributed by atoms with E-state index in [1.807, 2.05) is 4.90 Å². The van der Waals surface area contributed by atoms with Crippen LogP contribution in [-0.2, 0) is 19.6 Å². The molecule has 1 atom stereocenters. The molecule has 3 aliphatic rings. The number of likely N-dealkylation sites (tertiary alicyclic amines) is 1. The SMILES string of the molecule is C[C@@H]1Oc2ccc(S(=O)(=O)N3CCC(C(=O)N4CCCCCC4)CC3)cc2NC1=O. The van der Waals surface area contributed by atoms with Crippen LogP contribution in [0.2, 0.25) is 0 Å². The zero-order valence-electron chi connectivity index (χ0n) is 17.3. The summed E-state index contributed by atoms with van der Waals surface area (Å²) in [6.45, 7) is 3.92. The molecular weight excluding hydrogens is 406 g/mol. The van der Waals surface area contributed by atoms with Crippen LogP contribution in [0.4, 0.5) is 5.69 Å². The molecular formula is C21H29N3O5S. The van der Waals surface area contributed by atoms with Crippen LogP contribution in [0.25, 0.3) is 0 Å². The first-order valence-electron chi connectivity index (χ1n) is 10.8. The molecule has 30 heavy (non-hydrogen) atoms. The number of nitrogens with zero attached hydrogens (tertiary/aromatic N) is 2. The van der Waals surface area contributed by atoms with Gasteiger partial charge in [-0.2, -0.15) is 4.31 Å². The van der Waals surface area contributed by atoms with E-state index in [0.717, 1.165) is 25.9 Å². The zero-order chi connectivity index (χ0) is 21.3. The lowest BCUT2D eigenvalue weighted by molar-refractivity contribution is -0.136. The summed E-state index contributed by atoms with van der Waals surface area (Å²) < 4.78 is 33.2. The van der Waals surface area contributed by atoms with Gasteiger partial charge in [0.2, 0.25) is 15.9 Å². The molecule has 0 aliphatic carbocycles. The van der Waals surface area contributed by atoms with Crippen molar-refractivity contribution in [3.05, 3.63) is 18.2 Å². The summed E-state index contributed by atoms with van der Waals surface area (Å²) in [7, 11) is -3.70. The van der Waals surface area contributed by atoms with E-state index in [1.165, 1.54) is 29.3 Å². The summed E-state index contributed by atoms with van der Waals surface area (Å²) in [4.78, 5) is 26.8. The third-order valence-corrected chi connectivity index (χ3v) is 8.14. The molecule has 0 radical (unpaired) electrons. The minimum Gasteiger partial charge on any atom is -0.479 e. The van der Waals surface area contributed by atoms with Gasteiger partial charge < -0.3 is 15.0 Å². The lowest BCUT2D eigenvalue weighted by atomic mass is 9.96. The molecule has 0 aromatic heterocycles. The molecule has 0 spiro atoms. The molecule has 2 amide bonds. The molecule has 3 aliphatic heterocycles. The van der Waals surface area contributed by atoms with E-state index in [2.05, 4.69) is 5.32 Å². The molecule has 0 bridgehead atoms. The van der Waals surface area contributed by atoms with Crippen LogP contribution in [-0.4, -0.2) is 61.7 Å². The number of ether oxygens (including phenoxy) is 1. The van der Waals surface area contributed by atoms with Crippen molar-refractivity contribution >= 4 is 27.5 Å². The lowest BCUT2D eigenvalue weighted by Gasteiger charge is -2.33. The van der Waals surface area contributed by atoms with Crippen LogP contribution < -0.4 is 10.1 Å². The number of sulfonamides is 1. The number of hydrogen-bond acceptors (Lipinski definition) is 5. The molecule has 9 heteroatoms. The van der Waals surface area contributed by atoms with Gasteiger partial charge >= 0.3 is 0 Å². The number of nitrogens with one attached hydrogen (secondary N) is 1. The molecule has 4 rings (SSSR count). The molecule has 3 heterocycles. The number of amides is 2. The number of carbonyl (C=O) groups excluding carboxylic acids is 2. The second-order valence-electron chi connectivity index (χ2n) is 8.33. The first-order valence-corrected chi connectivity index (χ1v) is 12.2. The van der Waals surface area contributed by atoms with Gasteiger partial charge in [-0.25, -0.2) is 8.42 Å². The van der Waals surface area contributed by atoms with E-state index in [-0.39, 0.29) is 22.6 Å². The fraction of sp³-hybridized carbons (Fsp3) is 0.619. The maximum absolute atomic E-state index is 13.1. The van der Waals surface area contributed by atoms with Crippen molar-refractivity contribution in [2.24, 2.45) is 5.92 Å². The van der Waals surface area contributed by atoms with Crippen molar-refractivity contribution in [2.45, 2.75) is 56.4 Å². The average Bonchev–Trinajstić information content (AvgIpc) is 3.03. The quantitative estimate of drug-likeness (QED) is 0.785. The van der Waals surface area contributed by atoms with E-state index in [4.69, 9.17) is 4.74 Å². The fourth-order valence-corrected chi connectivity index (χ4v) is 5.89. The van der Waals surface area contributed by atoms with Gasteiger partial charge in [0.25, 0.3) is 5.91 Å². The first-order chi connectivity index (χ1) is 14.4. The summed E-state index contributed by atoms with van der Waals surface area (Å²) in [5.41, 5.74) is 0.366. The molecule has 0 saturated carbocycles. The smallest absolute Gasteiger partial charge is 0.265 e. The van der Waals surface area contributed by atoms with Crippen molar-refractivity contribution in [2.75, 3.05) is 31.5 Å². The van der Waals surface area contributed by atoms with E-state index in [9.17, 15) is 18.0 Å². The van der Waals surface area contributed by atoms with Crippen molar-refractivity contribution < 1.29 is 22.7 Å². The number of anilines is 1. The molecule has 1 aromatic carbocycles. The molecule has 1 aromatic rings. The Morgan fingerprint density at radius 1 is 1.07 bits per heavy atom. The van der Waals surface area contributed by atoms with Crippen molar-refractivity contribution in [1.82, 2.24) is 9.21 Å². The Morgan fingerprint density at radius 3 is 2.40 bits per heavy atom. The van der Waals surface area contributed by atoms with Gasteiger partial charge in [0.1, 0.15) is 5.75 Å². The van der Waals surface area contributed by atoms with Gasteiger partial charge in [0.15, 0.2) is 6.10 Å². The third-order valence-electron chi connectivity index (χ3n) is 6.24. The van der Waals surface area contributed by atoms with Gasteiger partial charge in [-0.3, -0.25) is 9.59 Å².